The normalized spacial score (nSPS) is 9.91. The van der Waals surface area contributed by atoms with Gasteiger partial charge in [-0.3, -0.25) is 9.59 Å². The summed E-state index contributed by atoms with van der Waals surface area (Å²) in [6, 6.07) is 5.59. The van der Waals surface area contributed by atoms with Crippen molar-refractivity contribution in [3.8, 4) is 5.75 Å². The lowest BCUT2D eigenvalue weighted by molar-refractivity contribution is -0.150. The summed E-state index contributed by atoms with van der Waals surface area (Å²) in [5, 5.41) is 2.36. The summed E-state index contributed by atoms with van der Waals surface area (Å²) in [6.07, 6.45) is 0. The van der Waals surface area contributed by atoms with Gasteiger partial charge >= 0.3 is 5.97 Å². The Morgan fingerprint density at radius 3 is 2.43 bits per heavy atom. The van der Waals surface area contributed by atoms with Gasteiger partial charge in [0.25, 0.3) is 5.91 Å². The summed E-state index contributed by atoms with van der Waals surface area (Å²) in [4.78, 5) is 35.6. The van der Waals surface area contributed by atoms with Crippen LogP contribution >= 0.6 is 0 Å². The lowest BCUT2D eigenvalue weighted by atomic mass is 10.1. The Bertz CT molecular complexity index is 584. The molecule has 0 unspecified atom stereocenters. The van der Waals surface area contributed by atoms with Crippen molar-refractivity contribution in [1.29, 1.82) is 0 Å². The molecule has 0 saturated carbocycles. The van der Waals surface area contributed by atoms with Crippen LogP contribution in [0.1, 0.15) is 11.1 Å². The second-order valence-corrected chi connectivity index (χ2v) is 5.28. The minimum atomic E-state index is -0.654. The van der Waals surface area contributed by atoms with Crippen LogP contribution in [0, 0.1) is 13.8 Å². The van der Waals surface area contributed by atoms with Crippen LogP contribution in [0.3, 0.4) is 0 Å². The molecular formula is C16H22N2O5. The van der Waals surface area contributed by atoms with Crippen LogP contribution in [-0.4, -0.2) is 56.5 Å². The van der Waals surface area contributed by atoms with Crippen molar-refractivity contribution >= 4 is 17.8 Å². The van der Waals surface area contributed by atoms with Crippen molar-refractivity contribution in [2.45, 2.75) is 13.8 Å². The molecule has 1 rings (SSSR count). The van der Waals surface area contributed by atoms with Gasteiger partial charge in [0.1, 0.15) is 5.75 Å². The Morgan fingerprint density at radius 1 is 1.13 bits per heavy atom. The zero-order valence-corrected chi connectivity index (χ0v) is 13.8. The molecule has 1 N–H and O–H groups in total. The molecule has 0 aliphatic rings. The second-order valence-electron chi connectivity index (χ2n) is 5.28. The van der Waals surface area contributed by atoms with Gasteiger partial charge in [-0.2, -0.15) is 0 Å². The van der Waals surface area contributed by atoms with Crippen molar-refractivity contribution in [3.63, 3.8) is 0 Å². The van der Waals surface area contributed by atoms with E-state index in [2.05, 4.69) is 5.32 Å². The van der Waals surface area contributed by atoms with E-state index in [1.165, 1.54) is 4.90 Å². The van der Waals surface area contributed by atoms with Gasteiger partial charge in [0.2, 0.25) is 5.91 Å². The van der Waals surface area contributed by atoms with Crippen molar-refractivity contribution in [1.82, 2.24) is 10.2 Å². The fourth-order valence-electron chi connectivity index (χ4n) is 1.67. The Balaban J connectivity index is 2.29. The van der Waals surface area contributed by atoms with E-state index in [9.17, 15) is 14.4 Å². The molecule has 0 saturated heterocycles. The number of carbonyl (C=O) groups excluding carboxylic acids is 3. The van der Waals surface area contributed by atoms with Crippen LogP contribution in [0.15, 0.2) is 18.2 Å². The third-order valence-corrected chi connectivity index (χ3v) is 2.98. The van der Waals surface area contributed by atoms with E-state index in [0.717, 1.165) is 11.1 Å². The number of nitrogens with one attached hydrogen (secondary N) is 1. The lowest BCUT2D eigenvalue weighted by Gasteiger charge is -2.11. The highest BCUT2D eigenvalue weighted by atomic mass is 16.6. The van der Waals surface area contributed by atoms with Crippen LogP contribution in [0.5, 0.6) is 5.75 Å². The Morgan fingerprint density at radius 2 is 1.83 bits per heavy atom. The van der Waals surface area contributed by atoms with Gasteiger partial charge in [-0.1, -0.05) is 17.7 Å². The smallest absolute Gasteiger partial charge is 0.344 e. The molecule has 7 heteroatoms. The molecule has 0 spiro atoms. The Hall–Kier alpha value is -2.57. The molecule has 0 atom stereocenters. The van der Waals surface area contributed by atoms with E-state index in [1.54, 1.807) is 20.2 Å². The first-order valence-corrected chi connectivity index (χ1v) is 7.12. The fourth-order valence-corrected chi connectivity index (χ4v) is 1.67. The molecule has 1 aromatic rings. The molecule has 0 aliphatic carbocycles. The zero-order valence-electron chi connectivity index (χ0n) is 13.8. The lowest BCUT2D eigenvalue weighted by Crippen LogP contribution is -2.38. The highest BCUT2D eigenvalue weighted by Crippen LogP contribution is 2.18. The average molecular weight is 322 g/mol. The summed E-state index contributed by atoms with van der Waals surface area (Å²) in [7, 11) is 3.16. The molecule has 0 heterocycles. The summed E-state index contributed by atoms with van der Waals surface area (Å²) in [5.41, 5.74) is 2.01. The van der Waals surface area contributed by atoms with Gasteiger partial charge in [-0.15, -0.1) is 0 Å². The van der Waals surface area contributed by atoms with Crippen molar-refractivity contribution in [2.75, 3.05) is 33.9 Å². The first kappa shape index (κ1) is 18.5. The summed E-state index contributed by atoms with van der Waals surface area (Å²) in [6.45, 7) is 2.97. The fraction of sp³-hybridized carbons (Fsp3) is 0.438. The molecular weight excluding hydrogens is 300 g/mol. The molecule has 2 amide bonds. The number of rotatable bonds is 7. The molecule has 0 aromatic heterocycles. The first-order valence-electron chi connectivity index (χ1n) is 7.12. The van der Waals surface area contributed by atoms with E-state index in [-0.39, 0.29) is 19.1 Å². The van der Waals surface area contributed by atoms with Gasteiger partial charge in [0, 0.05) is 14.1 Å². The maximum atomic E-state index is 11.5. The summed E-state index contributed by atoms with van der Waals surface area (Å²) >= 11 is 0. The van der Waals surface area contributed by atoms with Gasteiger partial charge in [0.05, 0.1) is 6.54 Å². The molecule has 0 fully saturated rings. The number of likely N-dealkylation sites (N-methyl/N-ethyl adjacent to an activating group) is 1. The van der Waals surface area contributed by atoms with Gasteiger partial charge in [-0.05, 0) is 25.5 Å². The largest absolute Gasteiger partial charge is 0.482 e. The predicted octanol–water partition coefficient (Wildman–Crippen LogP) is 0.430. The number of aryl methyl sites for hydroxylation is 2. The Kier molecular flexibility index (Phi) is 7.05. The first-order chi connectivity index (χ1) is 10.8. The van der Waals surface area contributed by atoms with E-state index in [1.807, 2.05) is 26.0 Å². The number of amides is 2. The van der Waals surface area contributed by atoms with Gasteiger partial charge in [-0.25, -0.2) is 4.79 Å². The number of carbonyl (C=O) groups is 3. The third-order valence-electron chi connectivity index (χ3n) is 2.98. The monoisotopic (exact) mass is 322 g/mol. The molecule has 1 aromatic carbocycles. The maximum Gasteiger partial charge on any atom is 0.344 e. The van der Waals surface area contributed by atoms with Crippen LogP contribution < -0.4 is 10.1 Å². The number of benzene rings is 1. The SMILES string of the molecule is Cc1ccc(OCC(=O)OCC(=O)NCC(=O)N(C)C)c(C)c1. The van der Waals surface area contributed by atoms with Crippen molar-refractivity contribution in [3.05, 3.63) is 29.3 Å². The molecule has 7 nitrogen and oxygen atoms in total. The van der Waals surface area contributed by atoms with E-state index >= 15 is 0 Å². The van der Waals surface area contributed by atoms with E-state index in [4.69, 9.17) is 9.47 Å². The molecule has 0 bridgehead atoms. The number of hydrogen-bond donors (Lipinski definition) is 1. The highest BCUT2D eigenvalue weighted by molar-refractivity contribution is 5.86. The minimum Gasteiger partial charge on any atom is -0.482 e. The van der Waals surface area contributed by atoms with Crippen LogP contribution in [0.2, 0.25) is 0 Å². The van der Waals surface area contributed by atoms with E-state index < -0.39 is 18.5 Å². The van der Waals surface area contributed by atoms with Crippen LogP contribution in [-0.2, 0) is 19.1 Å². The third kappa shape index (κ3) is 6.82. The summed E-state index contributed by atoms with van der Waals surface area (Å²) < 4.78 is 10.1. The number of hydrogen-bond acceptors (Lipinski definition) is 5. The molecule has 0 radical (unpaired) electrons. The zero-order chi connectivity index (χ0) is 17.4. The van der Waals surface area contributed by atoms with Crippen LogP contribution in [0.25, 0.3) is 0 Å². The topological polar surface area (TPSA) is 84.9 Å². The van der Waals surface area contributed by atoms with Gasteiger partial charge < -0.3 is 19.7 Å². The van der Waals surface area contributed by atoms with Crippen molar-refractivity contribution < 1.29 is 23.9 Å². The number of nitrogens with zero attached hydrogens (tertiary/aromatic N) is 1. The molecule has 0 aliphatic heterocycles. The second kappa shape index (κ2) is 8.77. The average Bonchev–Trinajstić information content (AvgIpc) is 2.49. The minimum absolute atomic E-state index is 0.136. The Labute approximate surface area is 135 Å². The quantitative estimate of drug-likeness (QED) is 0.736. The van der Waals surface area contributed by atoms with Gasteiger partial charge in [0.15, 0.2) is 13.2 Å². The molecule has 23 heavy (non-hydrogen) atoms. The number of ether oxygens (including phenoxy) is 2. The van der Waals surface area contributed by atoms with Crippen molar-refractivity contribution in [2.24, 2.45) is 0 Å². The number of esters is 1. The predicted molar refractivity (Wildman–Crippen MR) is 84.1 cm³/mol. The maximum absolute atomic E-state index is 11.5. The summed E-state index contributed by atoms with van der Waals surface area (Å²) in [5.74, 6) is -0.851. The highest BCUT2D eigenvalue weighted by Gasteiger charge is 2.11. The van der Waals surface area contributed by atoms with Crippen LogP contribution in [0.4, 0.5) is 0 Å². The molecule has 126 valence electrons. The standard InChI is InChI=1S/C16H22N2O5/c1-11-5-6-13(12(2)7-11)22-10-16(21)23-9-14(19)17-8-15(20)18(3)4/h5-7H,8-10H2,1-4H3,(H,17,19). The van der Waals surface area contributed by atoms with E-state index in [0.29, 0.717) is 5.75 Å².